The van der Waals surface area contributed by atoms with Gasteiger partial charge in [-0.2, -0.15) is 0 Å². The smallest absolute Gasteiger partial charge is 0.241 e. The van der Waals surface area contributed by atoms with Crippen LogP contribution >= 0.6 is 0 Å². The van der Waals surface area contributed by atoms with Gasteiger partial charge in [0.15, 0.2) is 0 Å². The molecule has 0 amide bonds. The van der Waals surface area contributed by atoms with E-state index in [1.54, 1.807) is 6.20 Å². The highest BCUT2D eigenvalue weighted by Gasteiger charge is 2.05. The van der Waals surface area contributed by atoms with Crippen LogP contribution in [0.2, 0.25) is 0 Å². The van der Waals surface area contributed by atoms with Crippen molar-refractivity contribution >= 4 is 5.69 Å². The van der Waals surface area contributed by atoms with Gasteiger partial charge in [-0.3, -0.25) is 4.98 Å². The highest BCUT2D eigenvalue weighted by Crippen LogP contribution is 2.24. The lowest BCUT2D eigenvalue weighted by atomic mass is 10.2. The van der Waals surface area contributed by atoms with E-state index < -0.39 is 0 Å². The molecule has 0 spiro atoms. The number of hydrogen-bond acceptors (Lipinski definition) is 4. The van der Waals surface area contributed by atoms with E-state index in [1.807, 2.05) is 39.0 Å². The van der Waals surface area contributed by atoms with Gasteiger partial charge in [-0.05, 0) is 44.5 Å². The van der Waals surface area contributed by atoms with Crippen molar-refractivity contribution in [3.8, 4) is 11.6 Å². The SMILES string of the molecule is Cc1cnc(C)c(Oc2ccc(N)c(C)c2)n1. The zero-order chi connectivity index (χ0) is 12.4. The average Bonchev–Trinajstić information content (AvgIpc) is 2.29. The third-order valence-corrected chi connectivity index (χ3v) is 2.49. The van der Waals surface area contributed by atoms with Gasteiger partial charge in [0.05, 0.1) is 11.4 Å². The van der Waals surface area contributed by atoms with Gasteiger partial charge in [-0.1, -0.05) is 0 Å². The van der Waals surface area contributed by atoms with Crippen LogP contribution in [0.15, 0.2) is 24.4 Å². The Morgan fingerprint density at radius 1 is 1.18 bits per heavy atom. The Morgan fingerprint density at radius 3 is 2.65 bits per heavy atom. The molecule has 4 heteroatoms. The molecule has 2 aromatic rings. The molecule has 0 fully saturated rings. The third kappa shape index (κ3) is 2.53. The molecule has 0 radical (unpaired) electrons. The Balaban J connectivity index is 2.31. The second-order valence-electron chi connectivity index (χ2n) is 4.02. The molecule has 0 saturated heterocycles. The lowest BCUT2D eigenvalue weighted by Gasteiger charge is -2.09. The van der Waals surface area contributed by atoms with Crippen LogP contribution in [0.4, 0.5) is 5.69 Å². The quantitative estimate of drug-likeness (QED) is 0.804. The Morgan fingerprint density at radius 2 is 1.94 bits per heavy atom. The predicted octanol–water partition coefficient (Wildman–Crippen LogP) is 2.78. The summed E-state index contributed by atoms with van der Waals surface area (Å²) in [5.41, 5.74) is 9.09. The third-order valence-electron chi connectivity index (χ3n) is 2.49. The summed E-state index contributed by atoms with van der Waals surface area (Å²) in [7, 11) is 0. The van der Waals surface area contributed by atoms with E-state index in [4.69, 9.17) is 10.5 Å². The van der Waals surface area contributed by atoms with Crippen molar-refractivity contribution in [2.75, 3.05) is 5.73 Å². The molecule has 1 aromatic carbocycles. The maximum atomic E-state index is 5.75. The molecule has 2 rings (SSSR count). The molecule has 1 heterocycles. The van der Waals surface area contributed by atoms with Crippen molar-refractivity contribution in [1.82, 2.24) is 9.97 Å². The molecule has 2 N–H and O–H groups in total. The minimum absolute atomic E-state index is 0.536. The van der Waals surface area contributed by atoms with Crippen molar-refractivity contribution in [3.05, 3.63) is 41.3 Å². The largest absolute Gasteiger partial charge is 0.437 e. The number of aryl methyl sites for hydroxylation is 3. The van der Waals surface area contributed by atoms with Crippen molar-refractivity contribution in [1.29, 1.82) is 0 Å². The van der Waals surface area contributed by atoms with Gasteiger partial charge in [0.1, 0.15) is 5.75 Å². The van der Waals surface area contributed by atoms with E-state index in [2.05, 4.69) is 9.97 Å². The van der Waals surface area contributed by atoms with Crippen LogP contribution in [0.5, 0.6) is 11.6 Å². The van der Waals surface area contributed by atoms with Crippen molar-refractivity contribution in [3.63, 3.8) is 0 Å². The topological polar surface area (TPSA) is 61.0 Å². The summed E-state index contributed by atoms with van der Waals surface area (Å²) in [4.78, 5) is 8.51. The summed E-state index contributed by atoms with van der Waals surface area (Å²) in [6.45, 7) is 5.69. The maximum absolute atomic E-state index is 5.75. The number of anilines is 1. The molecule has 0 aliphatic rings. The van der Waals surface area contributed by atoms with Crippen LogP contribution < -0.4 is 10.5 Å². The summed E-state index contributed by atoms with van der Waals surface area (Å²) in [6, 6.07) is 5.54. The molecule has 0 bridgehead atoms. The van der Waals surface area contributed by atoms with Crippen LogP contribution in [0.1, 0.15) is 17.0 Å². The molecule has 0 aliphatic carbocycles. The van der Waals surface area contributed by atoms with Gasteiger partial charge < -0.3 is 10.5 Å². The number of ether oxygens (including phenoxy) is 1. The van der Waals surface area contributed by atoms with Crippen molar-refractivity contribution in [2.24, 2.45) is 0 Å². The van der Waals surface area contributed by atoms with Gasteiger partial charge in [0.2, 0.25) is 5.88 Å². The Bertz CT molecular complexity index is 552. The molecular weight excluding hydrogens is 214 g/mol. The van der Waals surface area contributed by atoms with E-state index in [0.717, 1.165) is 28.4 Å². The number of nitrogens with two attached hydrogens (primary N) is 1. The van der Waals surface area contributed by atoms with E-state index in [1.165, 1.54) is 0 Å². The fraction of sp³-hybridized carbons (Fsp3) is 0.231. The number of rotatable bonds is 2. The monoisotopic (exact) mass is 229 g/mol. The molecule has 0 atom stereocenters. The molecule has 0 saturated carbocycles. The molecular formula is C13H15N3O. The fourth-order valence-corrected chi connectivity index (χ4v) is 1.44. The molecule has 0 unspecified atom stereocenters. The van der Waals surface area contributed by atoms with Crippen LogP contribution in [-0.2, 0) is 0 Å². The van der Waals surface area contributed by atoms with Crippen molar-refractivity contribution in [2.45, 2.75) is 20.8 Å². The first-order valence-electron chi connectivity index (χ1n) is 5.40. The lowest BCUT2D eigenvalue weighted by molar-refractivity contribution is 0.453. The van der Waals surface area contributed by atoms with Gasteiger partial charge >= 0.3 is 0 Å². The van der Waals surface area contributed by atoms with Gasteiger partial charge in [0.25, 0.3) is 0 Å². The van der Waals surface area contributed by atoms with Gasteiger partial charge in [-0.15, -0.1) is 0 Å². The molecule has 0 aliphatic heterocycles. The summed E-state index contributed by atoms with van der Waals surface area (Å²) in [5, 5.41) is 0. The molecule has 88 valence electrons. The maximum Gasteiger partial charge on any atom is 0.241 e. The van der Waals surface area contributed by atoms with E-state index in [-0.39, 0.29) is 0 Å². The Labute approximate surface area is 100 Å². The summed E-state index contributed by atoms with van der Waals surface area (Å²) in [5.74, 6) is 1.26. The van der Waals surface area contributed by atoms with Crippen LogP contribution in [0.3, 0.4) is 0 Å². The van der Waals surface area contributed by atoms with E-state index >= 15 is 0 Å². The Hall–Kier alpha value is -2.10. The lowest BCUT2D eigenvalue weighted by Crippen LogP contribution is -1.97. The van der Waals surface area contributed by atoms with Gasteiger partial charge in [-0.25, -0.2) is 4.98 Å². The average molecular weight is 229 g/mol. The summed E-state index contributed by atoms with van der Waals surface area (Å²) in [6.07, 6.45) is 1.72. The Kier molecular flexibility index (Phi) is 2.95. The highest BCUT2D eigenvalue weighted by molar-refractivity contribution is 5.50. The summed E-state index contributed by atoms with van der Waals surface area (Å²) < 4.78 is 5.70. The van der Waals surface area contributed by atoms with E-state index in [9.17, 15) is 0 Å². The standard InChI is InChI=1S/C13H15N3O/c1-8-6-11(4-5-12(8)14)17-13-10(3)15-7-9(2)16-13/h4-7H,14H2,1-3H3. The first kappa shape index (κ1) is 11.4. The molecule has 17 heavy (non-hydrogen) atoms. The minimum atomic E-state index is 0.536. The number of benzene rings is 1. The van der Waals surface area contributed by atoms with Crippen LogP contribution in [-0.4, -0.2) is 9.97 Å². The first-order valence-corrected chi connectivity index (χ1v) is 5.40. The fourth-order valence-electron chi connectivity index (χ4n) is 1.44. The summed E-state index contributed by atoms with van der Waals surface area (Å²) >= 11 is 0. The normalized spacial score (nSPS) is 10.3. The predicted molar refractivity (Wildman–Crippen MR) is 67.2 cm³/mol. The highest BCUT2D eigenvalue weighted by atomic mass is 16.5. The second kappa shape index (κ2) is 4.41. The number of aromatic nitrogens is 2. The zero-order valence-electron chi connectivity index (χ0n) is 10.2. The van der Waals surface area contributed by atoms with Crippen LogP contribution in [0, 0.1) is 20.8 Å². The molecule has 4 nitrogen and oxygen atoms in total. The molecule has 1 aromatic heterocycles. The van der Waals surface area contributed by atoms with E-state index in [0.29, 0.717) is 5.88 Å². The zero-order valence-corrected chi connectivity index (χ0v) is 10.2. The van der Waals surface area contributed by atoms with Gasteiger partial charge in [0, 0.05) is 11.9 Å². The number of nitrogens with zero attached hydrogens (tertiary/aromatic N) is 2. The number of hydrogen-bond donors (Lipinski definition) is 1. The number of nitrogen functional groups attached to an aromatic ring is 1. The minimum Gasteiger partial charge on any atom is -0.437 e. The second-order valence-corrected chi connectivity index (χ2v) is 4.02. The first-order chi connectivity index (χ1) is 8.06. The van der Waals surface area contributed by atoms with Crippen LogP contribution in [0.25, 0.3) is 0 Å². The van der Waals surface area contributed by atoms with Crippen molar-refractivity contribution < 1.29 is 4.74 Å².